The van der Waals surface area contributed by atoms with Crippen molar-refractivity contribution in [2.75, 3.05) is 13.6 Å². The van der Waals surface area contributed by atoms with Gasteiger partial charge in [0.2, 0.25) is 0 Å². The minimum atomic E-state index is 0.243. The number of nitrogens with zero attached hydrogens (tertiary/aromatic N) is 1. The molecule has 1 fully saturated rings. The Bertz CT molecular complexity index is 358. The molecule has 1 aliphatic rings. The van der Waals surface area contributed by atoms with Crippen molar-refractivity contribution in [3.63, 3.8) is 0 Å². The van der Waals surface area contributed by atoms with Crippen molar-refractivity contribution >= 4 is 27.3 Å². The summed E-state index contributed by atoms with van der Waals surface area (Å²) in [7, 11) is 2.23. The monoisotopic (exact) mass is 316 g/mol. The van der Waals surface area contributed by atoms with Crippen LogP contribution in [0.1, 0.15) is 37.7 Å². The summed E-state index contributed by atoms with van der Waals surface area (Å²) in [5, 5.41) is 2.23. The van der Waals surface area contributed by atoms with Crippen LogP contribution in [-0.4, -0.2) is 24.0 Å². The van der Waals surface area contributed by atoms with Gasteiger partial charge in [-0.25, -0.2) is 0 Å². The molecule has 1 heterocycles. The highest BCUT2D eigenvalue weighted by atomic mass is 79.9. The van der Waals surface area contributed by atoms with Crippen molar-refractivity contribution in [2.45, 2.75) is 44.2 Å². The Kier molecular flexibility index (Phi) is 4.64. The zero-order chi connectivity index (χ0) is 12.3. The van der Waals surface area contributed by atoms with E-state index in [-0.39, 0.29) is 5.54 Å². The molecule has 1 aromatic heterocycles. The lowest BCUT2D eigenvalue weighted by Gasteiger charge is -2.44. The van der Waals surface area contributed by atoms with E-state index in [4.69, 9.17) is 5.73 Å². The Labute approximate surface area is 116 Å². The number of likely N-dealkylation sites (N-methyl/N-ethyl adjacent to an activating group) is 1. The molecule has 96 valence electrons. The third kappa shape index (κ3) is 3.11. The molecule has 1 aromatic rings. The average Bonchev–Trinajstić information content (AvgIpc) is 2.75. The first-order valence-electron chi connectivity index (χ1n) is 6.30. The van der Waals surface area contributed by atoms with Gasteiger partial charge < -0.3 is 5.73 Å². The smallest absolute Gasteiger partial charge is 0.0701 e. The third-order valence-electron chi connectivity index (χ3n) is 4.02. The molecule has 0 aliphatic heterocycles. The highest BCUT2D eigenvalue weighted by molar-refractivity contribution is 9.11. The van der Waals surface area contributed by atoms with Crippen molar-refractivity contribution in [3.05, 3.63) is 20.8 Å². The van der Waals surface area contributed by atoms with Gasteiger partial charge in [0, 0.05) is 18.6 Å². The molecule has 17 heavy (non-hydrogen) atoms. The first kappa shape index (κ1) is 13.5. The maximum absolute atomic E-state index is 6.05. The zero-order valence-corrected chi connectivity index (χ0v) is 12.8. The quantitative estimate of drug-likeness (QED) is 0.919. The molecular weight excluding hydrogens is 296 g/mol. The molecule has 4 heteroatoms. The first-order valence-corrected chi connectivity index (χ1v) is 7.98. The Balaban J connectivity index is 2.04. The van der Waals surface area contributed by atoms with Crippen LogP contribution in [0.2, 0.25) is 0 Å². The molecule has 0 atom stereocenters. The lowest BCUT2D eigenvalue weighted by Crippen LogP contribution is -2.52. The summed E-state index contributed by atoms with van der Waals surface area (Å²) in [4.78, 5) is 2.47. The summed E-state index contributed by atoms with van der Waals surface area (Å²) < 4.78 is 1.21. The largest absolute Gasteiger partial charge is 0.329 e. The van der Waals surface area contributed by atoms with E-state index >= 15 is 0 Å². The molecule has 0 aromatic carbocycles. The van der Waals surface area contributed by atoms with Gasteiger partial charge in [-0.1, -0.05) is 19.3 Å². The van der Waals surface area contributed by atoms with E-state index in [1.165, 1.54) is 41.5 Å². The highest BCUT2D eigenvalue weighted by Gasteiger charge is 2.34. The molecule has 2 nitrogen and oxygen atoms in total. The van der Waals surface area contributed by atoms with Crippen LogP contribution in [0.3, 0.4) is 0 Å². The number of halogens is 1. The fourth-order valence-corrected chi connectivity index (χ4v) is 4.02. The minimum absolute atomic E-state index is 0.243. The SMILES string of the molecule is CN(Cc1csc(Br)c1)C1(CN)CCCCC1. The van der Waals surface area contributed by atoms with E-state index in [2.05, 4.69) is 39.3 Å². The molecule has 2 rings (SSSR count). The molecule has 0 amide bonds. The van der Waals surface area contributed by atoms with Gasteiger partial charge in [-0.2, -0.15) is 0 Å². The molecular formula is C13H21BrN2S. The Hall–Kier alpha value is 0.1000. The van der Waals surface area contributed by atoms with Crippen LogP contribution in [0.25, 0.3) is 0 Å². The summed E-state index contributed by atoms with van der Waals surface area (Å²) in [6.07, 6.45) is 6.54. The maximum atomic E-state index is 6.05. The van der Waals surface area contributed by atoms with E-state index in [1.807, 2.05) is 0 Å². The fraction of sp³-hybridized carbons (Fsp3) is 0.692. The van der Waals surface area contributed by atoms with Crippen molar-refractivity contribution in [1.29, 1.82) is 0 Å². The summed E-state index contributed by atoms with van der Waals surface area (Å²) in [5.41, 5.74) is 7.68. The van der Waals surface area contributed by atoms with Gasteiger partial charge in [-0.05, 0) is 52.8 Å². The molecule has 0 spiro atoms. The maximum Gasteiger partial charge on any atom is 0.0701 e. The molecule has 1 aliphatic carbocycles. The summed E-state index contributed by atoms with van der Waals surface area (Å²) in [5.74, 6) is 0. The van der Waals surface area contributed by atoms with Crippen LogP contribution in [-0.2, 0) is 6.54 Å². The second-order valence-corrected chi connectivity index (χ2v) is 7.39. The second kappa shape index (κ2) is 5.83. The highest BCUT2D eigenvalue weighted by Crippen LogP contribution is 2.33. The Morgan fingerprint density at radius 1 is 1.41 bits per heavy atom. The van der Waals surface area contributed by atoms with Crippen LogP contribution in [0.4, 0.5) is 0 Å². The molecule has 1 saturated carbocycles. The van der Waals surface area contributed by atoms with E-state index < -0.39 is 0 Å². The lowest BCUT2D eigenvalue weighted by atomic mass is 9.80. The van der Waals surface area contributed by atoms with Gasteiger partial charge in [-0.3, -0.25) is 4.90 Å². The van der Waals surface area contributed by atoms with Crippen molar-refractivity contribution < 1.29 is 0 Å². The van der Waals surface area contributed by atoms with Gasteiger partial charge in [-0.15, -0.1) is 11.3 Å². The lowest BCUT2D eigenvalue weighted by molar-refractivity contribution is 0.0759. The van der Waals surface area contributed by atoms with E-state index in [1.54, 1.807) is 11.3 Å². The van der Waals surface area contributed by atoms with Gasteiger partial charge >= 0.3 is 0 Å². The van der Waals surface area contributed by atoms with Crippen LogP contribution < -0.4 is 5.73 Å². The third-order valence-corrected chi connectivity index (χ3v) is 5.57. The second-order valence-electron chi connectivity index (χ2n) is 5.10. The standard InChI is InChI=1S/C13H21BrN2S/c1-16(8-11-7-12(14)17-9-11)13(10-15)5-3-2-4-6-13/h7,9H,2-6,8,10,15H2,1H3. The fourth-order valence-electron chi connectivity index (χ4n) is 2.82. The van der Waals surface area contributed by atoms with Crippen molar-refractivity contribution in [2.24, 2.45) is 5.73 Å². The van der Waals surface area contributed by atoms with Crippen LogP contribution in [0.5, 0.6) is 0 Å². The zero-order valence-electron chi connectivity index (χ0n) is 10.4. The Morgan fingerprint density at radius 2 is 2.12 bits per heavy atom. The van der Waals surface area contributed by atoms with E-state index in [9.17, 15) is 0 Å². The summed E-state index contributed by atoms with van der Waals surface area (Å²) >= 11 is 5.28. The van der Waals surface area contributed by atoms with Crippen LogP contribution in [0, 0.1) is 0 Å². The van der Waals surface area contributed by atoms with Gasteiger partial charge in [0.15, 0.2) is 0 Å². The van der Waals surface area contributed by atoms with Crippen LogP contribution in [0.15, 0.2) is 15.2 Å². The molecule has 0 radical (unpaired) electrons. The molecule has 0 unspecified atom stereocenters. The predicted octanol–water partition coefficient (Wildman–Crippen LogP) is 3.60. The molecule has 0 bridgehead atoms. The van der Waals surface area contributed by atoms with E-state index in [0.29, 0.717) is 0 Å². The normalized spacial score (nSPS) is 19.8. The molecule has 2 N–H and O–H groups in total. The number of hydrogen-bond donors (Lipinski definition) is 1. The number of thiophene rings is 1. The minimum Gasteiger partial charge on any atom is -0.329 e. The van der Waals surface area contributed by atoms with Gasteiger partial charge in [0.25, 0.3) is 0 Å². The number of nitrogens with two attached hydrogens (primary N) is 1. The predicted molar refractivity (Wildman–Crippen MR) is 78.4 cm³/mol. The summed E-state index contributed by atoms with van der Waals surface area (Å²) in [6.45, 7) is 1.80. The molecule has 0 saturated heterocycles. The van der Waals surface area contributed by atoms with Crippen LogP contribution >= 0.6 is 27.3 Å². The topological polar surface area (TPSA) is 29.3 Å². The first-order chi connectivity index (χ1) is 8.16. The Morgan fingerprint density at radius 3 is 2.65 bits per heavy atom. The summed E-state index contributed by atoms with van der Waals surface area (Å²) in [6, 6.07) is 2.22. The van der Waals surface area contributed by atoms with Gasteiger partial charge in [0.1, 0.15) is 0 Å². The van der Waals surface area contributed by atoms with Gasteiger partial charge in [0.05, 0.1) is 3.79 Å². The number of hydrogen-bond acceptors (Lipinski definition) is 3. The average molecular weight is 317 g/mol. The number of rotatable bonds is 4. The van der Waals surface area contributed by atoms with E-state index in [0.717, 1.165) is 13.1 Å². The van der Waals surface area contributed by atoms with Crippen molar-refractivity contribution in [1.82, 2.24) is 4.90 Å². The van der Waals surface area contributed by atoms with Crippen molar-refractivity contribution in [3.8, 4) is 0 Å².